The number of fused-ring (bicyclic) bond motifs is 3. The maximum atomic E-state index is 15.9. The Bertz CT molecular complexity index is 1540. The van der Waals surface area contributed by atoms with Gasteiger partial charge >= 0.3 is 5.97 Å². The molecule has 6 rings (SSSR count). The van der Waals surface area contributed by atoms with Gasteiger partial charge in [0.2, 0.25) is 11.8 Å². The fraction of sp³-hybridized carbons (Fsp3) is 0.310. The number of nitrogens with one attached hydrogen (secondary N) is 3. The van der Waals surface area contributed by atoms with Crippen molar-refractivity contribution in [1.82, 2.24) is 10.3 Å². The summed E-state index contributed by atoms with van der Waals surface area (Å²) in [5.41, 5.74) is -0.764. The van der Waals surface area contributed by atoms with E-state index in [1.165, 1.54) is 24.4 Å². The summed E-state index contributed by atoms with van der Waals surface area (Å²) in [7, 11) is 0. The van der Waals surface area contributed by atoms with Crippen LogP contribution in [0.15, 0.2) is 54.7 Å². The molecule has 4 N–H and O–H groups in total. The van der Waals surface area contributed by atoms with Crippen LogP contribution in [-0.2, 0) is 15.0 Å². The van der Waals surface area contributed by atoms with Gasteiger partial charge in [0.1, 0.15) is 16.9 Å². The van der Waals surface area contributed by atoms with Crippen LogP contribution in [-0.4, -0.2) is 39.5 Å². The normalized spacial score (nSPS) is 24.6. The van der Waals surface area contributed by atoms with E-state index in [0.717, 1.165) is 19.3 Å². The zero-order valence-electron chi connectivity index (χ0n) is 21.1. The second-order valence-electron chi connectivity index (χ2n) is 10.6. The molecule has 2 fully saturated rings. The number of anilines is 2. The molecule has 8 nitrogen and oxygen atoms in total. The fourth-order valence-electron chi connectivity index (χ4n) is 7.03. The molecule has 1 aliphatic carbocycles. The summed E-state index contributed by atoms with van der Waals surface area (Å²) in [6.07, 6.45) is 5.06. The van der Waals surface area contributed by atoms with Gasteiger partial charge in [-0.15, -0.1) is 0 Å². The standard InChI is InChI=1S/C29H25Cl2FN4O4/c30-15-7-9-18-21(13-15)35-27(40)29(18)22(17-5-4-6-19(31)23(17)32)24(36-28(29)11-2-1-3-12-28)25(37)34-16-8-10-20(26(38)39)33-14-16/h4-10,13-14,22,24,36H,1-3,11-12H2,(H,34,37)(H,35,40)(H,38,39)/t22-,24+,29?/m0/s1. The summed E-state index contributed by atoms with van der Waals surface area (Å²) in [5, 5.41) is 18.8. The monoisotopic (exact) mass is 582 g/mol. The number of hydrogen-bond acceptors (Lipinski definition) is 5. The number of amides is 2. The maximum Gasteiger partial charge on any atom is 0.354 e. The molecule has 3 heterocycles. The number of rotatable bonds is 4. The number of carbonyl (C=O) groups excluding carboxylic acids is 2. The number of carbonyl (C=O) groups is 3. The van der Waals surface area contributed by atoms with Gasteiger partial charge in [-0.2, -0.15) is 0 Å². The van der Waals surface area contributed by atoms with E-state index in [2.05, 4.69) is 20.9 Å². The van der Waals surface area contributed by atoms with Gasteiger partial charge in [0.25, 0.3) is 0 Å². The van der Waals surface area contributed by atoms with Crippen molar-refractivity contribution in [2.75, 3.05) is 10.6 Å². The molecule has 206 valence electrons. The first-order valence-electron chi connectivity index (χ1n) is 13.0. The first-order chi connectivity index (χ1) is 19.2. The molecule has 11 heteroatoms. The number of benzene rings is 2. The minimum Gasteiger partial charge on any atom is -0.477 e. The molecular formula is C29H25Cl2FN4O4. The number of carboxylic acid groups (broad SMARTS) is 1. The molecule has 3 aromatic rings. The average Bonchev–Trinajstić information content (AvgIpc) is 3.38. The molecule has 1 saturated carbocycles. The lowest BCUT2D eigenvalue weighted by atomic mass is 9.55. The summed E-state index contributed by atoms with van der Waals surface area (Å²) >= 11 is 12.5. The highest BCUT2D eigenvalue weighted by molar-refractivity contribution is 6.31. The number of halogens is 3. The molecule has 2 amide bonds. The highest BCUT2D eigenvalue weighted by Crippen LogP contribution is 2.62. The van der Waals surface area contributed by atoms with Crippen molar-refractivity contribution >= 4 is 52.4 Å². The van der Waals surface area contributed by atoms with Crippen molar-refractivity contribution in [3.63, 3.8) is 0 Å². The zero-order chi connectivity index (χ0) is 28.2. The quantitative estimate of drug-likeness (QED) is 0.322. The topological polar surface area (TPSA) is 120 Å². The second kappa shape index (κ2) is 9.83. The molecule has 2 spiro atoms. The Morgan fingerprint density at radius 2 is 1.85 bits per heavy atom. The molecule has 2 aromatic carbocycles. The van der Waals surface area contributed by atoms with E-state index in [4.69, 9.17) is 28.3 Å². The van der Waals surface area contributed by atoms with Crippen molar-refractivity contribution in [3.8, 4) is 0 Å². The van der Waals surface area contributed by atoms with Crippen molar-refractivity contribution in [3.05, 3.63) is 87.4 Å². The minimum atomic E-state index is -1.34. The van der Waals surface area contributed by atoms with Crippen LogP contribution in [0.2, 0.25) is 10.0 Å². The minimum absolute atomic E-state index is 0.111. The van der Waals surface area contributed by atoms with Crippen LogP contribution in [0.3, 0.4) is 0 Å². The second-order valence-corrected chi connectivity index (χ2v) is 11.4. The molecule has 0 bridgehead atoms. The lowest BCUT2D eigenvalue weighted by Crippen LogP contribution is -2.60. The first kappa shape index (κ1) is 26.7. The molecule has 3 aliphatic rings. The molecule has 1 saturated heterocycles. The van der Waals surface area contributed by atoms with Crippen LogP contribution in [0.5, 0.6) is 0 Å². The van der Waals surface area contributed by atoms with Crippen LogP contribution in [0.1, 0.15) is 59.6 Å². The highest BCUT2D eigenvalue weighted by atomic mass is 35.5. The Kier molecular flexibility index (Phi) is 6.56. The fourth-order valence-corrected chi connectivity index (χ4v) is 7.39. The summed E-state index contributed by atoms with van der Waals surface area (Å²) in [6, 6.07) is 11.4. The number of nitrogens with zero attached hydrogens (tertiary/aromatic N) is 1. The van der Waals surface area contributed by atoms with Gasteiger partial charge < -0.3 is 15.7 Å². The largest absolute Gasteiger partial charge is 0.477 e. The Morgan fingerprint density at radius 1 is 1.07 bits per heavy atom. The van der Waals surface area contributed by atoms with Crippen LogP contribution in [0.25, 0.3) is 0 Å². The molecule has 2 aliphatic heterocycles. The van der Waals surface area contributed by atoms with E-state index >= 15 is 4.39 Å². The van der Waals surface area contributed by atoms with Gasteiger partial charge in [0.05, 0.1) is 22.9 Å². The predicted molar refractivity (Wildman–Crippen MR) is 148 cm³/mol. The zero-order valence-corrected chi connectivity index (χ0v) is 22.7. The van der Waals surface area contributed by atoms with Crippen molar-refractivity contribution in [1.29, 1.82) is 0 Å². The highest BCUT2D eigenvalue weighted by Gasteiger charge is 2.72. The van der Waals surface area contributed by atoms with Gasteiger partial charge in [-0.1, -0.05) is 60.7 Å². The van der Waals surface area contributed by atoms with Crippen LogP contribution < -0.4 is 16.0 Å². The number of aromatic nitrogens is 1. The van der Waals surface area contributed by atoms with Gasteiger partial charge in [0.15, 0.2) is 0 Å². The molecule has 3 atom stereocenters. The Labute approximate surface area is 239 Å². The van der Waals surface area contributed by atoms with Crippen molar-refractivity contribution in [2.24, 2.45) is 0 Å². The summed E-state index contributed by atoms with van der Waals surface area (Å²) in [5.74, 6) is -3.70. The smallest absolute Gasteiger partial charge is 0.354 e. The maximum absolute atomic E-state index is 15.9. The van der Waals surface area contributed by atoms with Gasteiger partial charge in [-0.3, -0.25) is 14.9 Å². The van der Waals surface area contributed by atoms with Crippen LogP contribution in [0.4, 0.5) is 15.8 Å². The summed E-state index contributed by atoms with van der Waals surface area (Å²) < 4.78 is 15.9. The molecule has 40 heavy (non-hydrogen) atoms. The lowest BCUT2D eigenvalue weighted by molar-refractivity contribution is -0.124. The molecule has 0 radical (unpaired) electrons. The van der Waals surface area contributed by atoms with Gasteiger partial charge in [0, 0.05) is 22.2 Å². The van der Waals surface area contributed by atoms with Crippen LogP contribution in [0, 0.1) is 5.82 Å². The summed E-state index contributed by atoms with van der Waals surface area (Å²) in [4.78, 5) is 43.4. The Morgan fingerprint density at radius 3 is 2.55 bits per heavy atom. The number of pyridine rings is 1. The third kappa shape index (κ3) is 3.90. The van der Waals surface area contributed by atoms with E-state index in [9.17, 15) is 14.4 Å². The number of aromatic carboxylic acids is 1. The molecule has 1 aromatic heterocycles. The van der Waals surface area contributed by atoms with E-state index < -0.39 is 40.6 Å². The van der Waals surface area contributed by atoms with Crippen LogP contribution >= 0.6 is 23.2 Å². The summed E-state index contributed by atoms with van der Waals surface area (Å²) in [6.45, 7) is 0. The number of hydrogen-bond donors (Lipinski definition) is 4. The van der Waals surface area contributed by atoms with E-state index in [1.54, 1.807) is 30.3 Å². The van der Waals surface area contributed by atoms with E-state index in [1.807, 2.05) is 0 Å². The Balaban J connectivity index is 1.54. The van der Waals surface area contributed by atoms with E-state index in [-0.39, 0.29) is 27.9 Å². The Hall–Kier alpha value is -3.53. The first-order valence-corrected chi connectivity index (χ1v) is 13.8. The lowest BCUT2D eigenvalue weighted by Gasteiger charge is -2.47. The average molecular weight is 583 g/mol. The van der Waals surface area contributed by atoms with Crippen molar-refractivity contribution < 1.29 is 23.9 Å². The van der Waals surface area contributed by atoms with E-state index in [0.29, 0.717) is 29.1 Å². The SMILES string of the molecule is O=C(O)c1ccc(NC(=O)[C@@H]2NC3(CCCCC3)C3(C(=O)Nc4cc(Cl)ccc43)[C@H]2c2cccc(Cl)c2F)cn1. The third-order valence-electron chi connectivity index (χ3n) is 8.56. The molecule has 1 unspecified atom stereocenters. The van der Waals surface area contributed by atoms with Crippen molar-refractivity contribution in [2.45, 2.75) is 55.0 Å². The third-order valence-corrected chi connectivity index (χ3v) is 9.08. The molecular weight excluding hydrogens is 558 g/mol. The van der Waals surface area contributed by atoms with Gasteiger partial charge in [-0.25, -0.2) is 14.2 Å². The predicted octanol–water partition coefficient (Wildman–Crippen LogP) is 5.51. The van der Waals surface area contributed by atoms with Gasteiger partial charge in [-0.05, 0) is 54.3 Å². The number of carboxylic acids is 1.